The maximum Gasteiger partial charge on any atom is 0.0233 e. The molecule has 0 spiro atoms. The first-order chi connectivity index (χ1) is 9.16. The number of benzene rings is 1. The summed E-state index contributed by atoms with van der Waals surface area (Å²) in [6.07, 6.45) is 2.77. The fraction of sp³-hybridized carbons (Fsp3) is 0.647. The Balaban J connectivity index is 1.60. The van der Waals surface area contributed by atoms with Crippen molar-refractivity contribution in [2.75, 3.05) is 33.2 Å². The van der Waals surface area contributed by atoms with Gasteiger partial charge in [-0.3, -0.25) is 4.90 Å². The average molecular weight is 258 g/mol. The van der Waals surface area contributed by atoms with Crippen LogP contribution in [0.2, 0.25) is 0 Å². The van der Waals surface area contributed by atoms with Crippen LogP contribution in [0.5, 0.6) is 0 Å². The van der Waals surface area contributed by atoms with E-state index in [0.717, 1.165) is 12.5 Å². The highest BCUT2D eigenvalue weighted by Gasteiger charge is 2.42. The molecule has 0 radical (unpaired) electrons. The normalized spacial score (nSPS) is 33.1. The Labute approximate surface area is 117 Å². The highest BCUT2D eigenvalue weighted by molar-refractivity contribution is 5.15. The maximum atomic E-state index is 2.65. The van der Waals surface area contributed by atoms with Crippen LogP contribution in [0.15, 0.2) is 30.3 Å². The molecule has 2 unspecified atom stereocenters. The lowest BCUT2D eigenvalue weighted by Gasteiger charge is -2.31. The smallest absolute Gasteiger partial charge is 0.0233 e. The van der Waals surface area contributed by atoms with Gasteiger partial charge in [0, 0.05) is 19.6 Å². The van der Waals surface area contributed by atoms with Crippen molar-refractivity contribution in [1.82, 2.24) is 9.80 Å². The third-order valence-corrected chi connectivity index (χ3v) is 5.21. The van der Waals surface area contributed by atoms with Crippen LogP contribution in [-0.4, -0.2) is 43.0 Å². The summed E-state index contributed by atoms with van der Waals surface area (Å²) in [6, 6.07) is 10.9. The minimum absolute atomic E-state index is 0.541. The molecule has 0 amide bonds. The van der Waals surface area contributed by atoms with Gasteiger partial charge in [-0.25, -0.2) is 0 Å². The van der Waals surface area contributed by atoms with Gasteiger partial charge in [0.05, 0.1) is 0 Å². The molecule has 2 fully saturated rings. The summed E-state index contributed by atoms with van der Waals surface area (Å²) < 4.78 is 0. The van der Waals surface area contributed by atoms with Gasteiger partial charge in [-0.15, -0.1) is 0 Å². The van der Waals surface area contributed by atoms with Crippen molar-refractivity contribution in [2.45, 2.75) is 26.3 Å². The van der Waals surface area contributed by atoms with Crippen molar-refractivity contribution < 1.29 is 0 Å². The minimum Gasteiger partial charge on any atom is -0.306 e. The van der Waals surface area contributed by atoms with Crippen LogP contribution in [0.3, 0.4) is 0 Å². The molecule has 0 bridgehead atoms. The van der Waals surface area contributed by atoms with Crippen LogP contribution in [0, 0.1) is 11.3 Å². The number of nitrogens with zero attached hydrogens (tertiary/aromatic N) is 2. The molecule has 2 saturated heterocycles. The van der Waals surface area contributed by atoms with E-state index in [1.807, 2.05) is 0 Å². The highest BCUT2D eigenvalue weighted by atomic mass is 15.2. The van der Waals surface area contributed by atoms with Gasteiger partial charge in [0.2, 0.25) is 0 Å². The Kier molecular flexibility index (Phi) is 3.64. The monoisotopic (exact) mass is 258 g/mol. The van der Waals surface area contributed by atoms with Crippen LogP contribution in [-0.2, 0) is 6.54 Å². The molecule has 1 aromatic carbocycles. The quantitative estimate of drug-likeness (QED) is 0.822. The first-order valence-corrected chi connectivity index (χ1v) is 7.60. The first-order valence-electron chi connectivity index (χ1n) is 7.60. The molecule has 2 heteroatoms. The van der Waals surface area contributed by atoms with Crippen LogP contribution in [0.1, 0.15) is 25.3 Å². The summed E-state index contributed by atoms with van der Waals surface area (Å²) in [7, 11) is 2.26. The second kappa shape index (κ2) is 5.26. The van der Waals surface area contributed by atoms with Gasteiger partial charge < -0.3 is 4.90 Å². The zero-order valence-electron chi connectivity index (χ0n) is 12.3. The Morgan fingerprint density at radius 3 is 2.68 bits per heavy atom. The van der Waals surface area contributed by atoms with E-state index >= 15 is 0 Å². The molecule has 0 aromatic heterocycles. The molecule has 2 nitrogen and oxygen atoms in total. The Morgan fingerprint density at radius 2 is 2.00 bits per heavy atom. The van der Waals surface area contributed by atoms with E-state index in [4.69, 9.17) is 0 Å². The van der Waals surface area contributed by atoms with E-state index in [-0.39, 0.29) is 0 Å². The molecule has 3 rings (SSSR count). The van der Waals surface area contributed by atoms with E-state index in [0.29, 0.717) is 5.41 Å². The summed E-state index contributed by atoms with van der Waals surface area (Å²) in [4.78, 5) is 5.14. The standard InChI is InChI=1S/C17H26N2/c1-17(16-8-10-18(2)13-16)9-11-19(14-17)12-15-6-4-3-5-7-15/h3-7,16H,8-14H2,1-2H3. The fourth-order valence-corrected chi connectivity index (χ4v) is 3.90. The van der Waals surface area contributed by atoms with E-state index < -0.39 is 0 Å². The fourth-order valence-electron chi connectivity index (χ4n) is 3.90. The minimum atomic E-state index is 0.541. The van der Waals surface area contributed by atoms with Gasteiger partial charge in [0.1, 0.15) is 0 Å². The zero-order chi connectivity index (χ0) is 13.3. The molecule has 2 heterocycles. The van der Waals surface area contributed by atoms with Crippen molar-refractivity contribution in [2.24, 2.45) is 11.3 Å². The third-order valence-electron chi connectivity index (χ3n) is 5.21. The van der Waals surface area contributed by atoms with Crippen molar-refractivity contribution >= 4 is 0 Å². The Bertz CT molecular complexity index is 417. The Morgan fingerprint density at radius 1 is 1.21 bits per heavy atom. The van der Waals surface area contributed by atoms with Crippen molar-refractivity contribution in [3.63, 3.8) is 0 Å². The molecule has 2 atom stereocenters. The van der Waals surface area contributed by atoms with Gasteiger partial charge in [-0.2, -0.15) is 0 Å². The predicted molar refractivity (Wildman–Crippen MR) is 80.0 cm³/mol. The molecule has 0 aliphatic carbocycles. The first kappa shape index (κ1) is 13.1. The van der Waals surface area contributed by atoms with Crippen LogP contribution in [0.25, 0.3) is 0 Å². The lowest BCUT2D eigenvalue weighted by molar-refractivity contribution is 0.183. The number of hydrogen-bond acceptors (Lipinski definition) is 2. The molecule has 0 saturated carbocycles. The lowest BCUT2D eigenvalue weighted by Crippen LogP contribution is -2.33. The summed E-state index contributed by atoms with van der Waals surface area (Å²) in [6.45, 7) is 8.78. The molecule has 0 N–H and O–H groups in total. The average Bonchev–Trinajstić information content (AvgIpc) is 2.99. The van der Waals surface area contributed by atoms with E-state index in [9.17, 15) is 0 Å². The molecule has 2 aliphatic heterocycles. The largest absolute Gasteiger partial charge is 0.306 e. The second-order valence-corrected chi connectivity index (χ2v) is 6.85. The summed E-state index contributed by atoms with van der Waals surface area (Å²) in [5, 5.41) is 0. The Hall–Kier alpha value is -0.860. The van der Waals surface area contributed by atoms with Crippen LogP contribution in [0.4, 0.5) is 0 Å². The van der Waals surface area contributed by atoms with E-state index in [2.05, 4.69) is 54.1 Å². The number of hydrogen-bond donors (Lipinski definition) is 0. The van der Waals surface area contributed by atoms with Crippen molar-refractivity contribution in [3.8, 4) is 0 Å². The van der Waals surface area contributed by atoms with Crippen LogP contribution >= 0.6 is 0 Å². The van der Waals surface area contributed by atoms with Gasteiger partial charge in [0.15, 0.2) is 0 Å². The molecule has 19 heavy (non-hydrogen) atoms. The topological polar surface area (TPSA) is 6.48 Å². The van der Waals surface area contributed by atoms with Gasteiger partial charge in [-0.1, -0.05) is 37.3 Å². The SMILES string of the molecule is CN1CCC(C2(C)CCN(Cc3ccccc3)C2)C1. The molecule has 104 valence electrons. The second-order valence-electron chi connectivity index (χ2n) is 6.85. The third kappa shape index (κ3) is 2.85. The predicted octanol–water partition coefficient (Wildman–Crippen LogP) is 2.85. The molecular formula is C17H26N2. The van der Waals surface area contributed by atoms with Crippen molar-refractivity contribution in [1.29, 1.82) is 0 Å². The lowest BCUT2D eigenvalue weighted by atomic mass is 9.76. The molecule has 1 aromatic rings. The van der Waals surface area contributed by atoms with Crippen LogP contribution < -0.4 is 0 Å². The van der Waals surface area contributed by atoms with Gasteiger partial charge in [0.25, 0.3) is 0 Å². The number of likely N-dealkylation sites (tertiary alicyclic amines) is 2. The van der Waals surface area contributed by atoms with E-state index in [1.54, 1.807) is 0 Å². The zero-order valence-corrected chi connectivity index (χ0v) is 12.3. The van der Waals surface area contributed by atoms with E-state index in [1.165, 1.54) is 44.6 Å². The van der Waals surface area contributed by atoms with Gasteiger partial charge in [-0.05, 0) is 49.9 Å². The maximum absolute atomic E-state index is 2.65. The molecular weight excluding hydrogens is 232 g/mol. The summed E-state index contributed by atoms with van der Waals surface area (Å²) in [5.41, 5.74) is 2.00. The van der Waals surface area contributed by atoms with Crippen molar-refractivity contribution in [3.05, 3.63) is 35.9 Å². The summed E-state index contributed by atoms with van der Waals surface area (Å²) >= 11 is 0. The molecule has 2 aliphatic rings. The van der Waals surface area contributed by atoms with Gasteiger partial charge >= 0.3 is 0 Å². The number of rotatable bonds is 3. The summed E-state index contributed by atoms with van der Waals surface area (Å²) in [5.74, 6) is 0.901. The highest BCUT2D eigenvalue weighted by Crippen LogP contribution is 2.42.